The number of carbonyl (C=O) groups excluding carboxylic acids is 2. The topological polar surface area (TPSA) is 68.4 Å². The minimum absolute atomic E-state index is 0.132. The number of alkyl halides is 3. The summed E-state index contributed by atoms with van der Waals surface area (Å²) in [6.07, 6.45) is -4.09. The number of aromatic nitrogens is 1. The molecule has 110 valence electrons. The number of ether oxygens (including phenoxy) is 2. The van der Waals surface area contributed by atoms with Crippen LogP contribution in [0.25, 0.3) is 0 Å². The van der Waals surface area contributed by atoms with Crippen molar-refractivity contribution in [3.8, 4) is 0 Å². The molecule has 0 aromatic carbocycles. The van der Waals surface area contributed by atoms with Crippen LogP contribution in [0.3, 0.4) is 0 Å². The number of hydrogen-bond acceptors (Lipinski definition) is 5. The van der Waals surface area contributed by atoms with Crippen LogP contribution in [0.1, 0.15) is 33.3 Å². The molecule has 9 heteroatoms. The molecule has 0 amide bonds. The van der Waals surface area contributed by atoms with E-state index in [1.165, 1.54) is 6.92 Å². The van der Waals surface area contributed by atoms with Crippen molar-refractivity contribution in [3.63, 3.8) is 0 Å². The summed E-state index contributed by atoms with van der Waals surface area (Å²) in [5, 5.41) is 0. The van der Waals surface area contributed by atoms with E-state index in [9.17, 15) is 22.8 Å². The molecule has 1 rings (SSSR count). The Morgan fingerprint density at radius 3 is 2.40 bits per heavy atom. The summed E-state index contributed by atoms with van der Waals surface area (Å²) in [5.41, 5.74) is -2.62. The van der Waals surface area contributed by atoms with E-state index in [0.29, 0.717) is 0 Å². The molecule has 0 bridgehead atoms. The van der Waals surface area contributed by atoms with E-state index in [0.717, 1.165) is 13.3 Å². The second kappa shape index (κ2) is 6.04. The van der Waals surface area contributed by atoms with Crippen LogP contribution in [0.4, 0.5) is 13.2 Å². The second-order valence-corrected chi connectivity index (χ2v) is 3.90. The van der Waals surface area contributed by atoms with Crippen molar-refractivity contribution >= 4 is 24.2 Å². The van der Waals surface area contributed by atoms with Gasteiger partial charge < -0.3 is 14.5 Å². The van der Waals surface area contributed by atoms with Gasteiger partial charge in [0.05, 0.1) is 23.8 Å². The fraction of sp³-hybridized carbons (Fsp3) is 0.364. The summed E-state index contributed by atoms with van der Waals surface area (Å²) in [4.78, 5) is 24.9. The van der Waals surface area contributed by atoms with Gasteiger partial charge in [0.25, 0.3) is 0 Å². The van der Waals surface area contributed by atoms with Gasteiger partial charge in [0, 0.05) is 6.20 Å². The SMILES string of the molecule is CCOC(=O)c1c(C(F)(F)F)[nH]cc(C(=O)OC)c1=S. The van der Waals surface area contributed by atoms with Gasteiger partial charge in [-0.1, -0.05) is 12.2 Å². The van der Waals surface area contributed by atoms with Crippen molar-refractivity contribution in [1.29, 1.82) is 0 Å². The Kier molecular flexibility index (Phi) is 4.88. The third-order valence-electron chi connectivity index (χ3n) is 2.25. The molecular weight excluding hydrogens is 299 g/mol. The van der Waals surface area contributed by atoms with Crippen LogP contribution in [0.15, 0.2) is 6.20 Å². The standard InChI is InChI=1S/C11H10F3NO4S/c1-3-19-10(17)6-7(20)5(9(16)18-2)4-15-8(6)11(12,13)14/h4H,3H2,1-2H3,(H,15,20). The van der Waals surface area contributed by atoms with Crippen LogP contribution >= 0.6 is 12.2 Å². The van der Waals surface area contributed by atoms with Crippen molar-refractivity contribution in [2.45, 2.75) is 13.1 Å². The van der Waals surface area contributed by atoms with Gasteiger partial charge in [-0.2, -0.15) is 13.2 Å². The number of nitrogens with one attached hydrogen (secondary N) is 1. The van der Waals surface area contributed by atoms with Crippen LogP contribution in [-0.4, -0.2) is 30.6 Å². The average Bonchev–Trinajstić information content (AvgIpc) is 2.36. The van der Waals surface area contributed by atoms with E-state index >= 15 is 0 Å². The first-order valence-corrected chi connectivity index (χ1v) is 5.73. The number of pyridine rings is 1. The van der Waals surface area contributed by atoms with Crippen LogP contribution in [0, 0.1) is 4.51 Å². The largest absolute Gasteiger partial charge is 0.465 e. The quantitative estimate of drug-likeness (QED) is 0.687. The highest BCUT2D eigenvalue weighted by Crippen LogP contribution is 2.32. The zero-order valence-corrected chi connectivity index (χ0v) is 11.3. The highest BCUT2D eigenvalue weighted by molar-refractivity contribution is 7.71. The first kappa shape index (κ1) is 16.2. The highest BCUT2D eigenvalue weighted by Gasteiger charge is 2.38. The highest BCUT2D eigenvalue weighted by atomic mass is 32.1. The van der Waals surface area contributed by atoms with Gasteiger partial charge in [-0.05, 0) is 6.92 Å². The summed E-state index contributed by atoms with van der Waals surface area (Å²) in [5.74, 6) is -2.21. The Labute approximate surface area is 116 Å². The van der Waals surface area contributed by atoms with Crippen LogP contribution in [-0.2, 0) is 15.7 Å². The number of H-pyrrole nitrogens is 1. The van der Waals surface area contributed by atoms with E-state index in [4.69, 9.17) is 12.2 Å². The van der Waals surface area contributed by atoms with Gasteiger partial charge in [0.2, 0.25) is 0 Å². The van der Waals surface area contributed by atoms with Crippen molar-refractivity contribution in [2.75, 3.05) is 13.7 Å². The molecule has 0 aliphatic rings. The van der Waals surface area contributed by atoms with E-state index < -0.39 is 33.9 Å². The molecule has 0 aliphatic carbocycles. The van der Waals surface area contributed by atoms with E-state index in [1.807, 2.05) is 4.98 Å². The molecule has 0 aliphatic heterocycles. The van der Waals surface area contributed by atoms with Crippen LogP contribution < -0.4 is 0 Å². The normalized spacial score (nSPS) is 11.1. The number of methoxy groups -OCH3 is 1. The molecule has 1 N–H and O–H groups in total. The third-order valence-corrected chi connectivity index (χ3v) is 2.67. The molecule has 0 fully saturated rings. The van der Waals surface area contributed by atoms with E-state index in [2.05, 4.69) is 9.47 Å². The maximum atomic E-state index is 12.8. The number of hydrogen-bond donors (Lipinski definition) is 1. The first-order chi connectivity index (χ1) is 9.23. The lowest BCUT2D eigenvalue weighted by Gasteiger charge is -2.13. The minimum Gasteiger partial charge on any atom is -0.465 e. The smallest absolute Gasteiger partial charge is 0.432 e. The van der Waals surface area contributed by atoms with Crippen molar-refractivity contribution in [2.24, 2.45) is 0 Å². The molecule has 0 saturated heterocycles. The lowest BCUT2D eigenvalue weighted by atomic mass is 10.1. The summed E-state index contributed by atoms with van der Waals surface area (Å²) < 4.78 is 46.9. The predicted octanol–water partition coefficient (Wildman–Crippen LogP) is 2.73. The van der Waals surface area contributed by atoms with Gasteiger partial charge in [-0.25, -0.2) is 9.59 Å². The Morgan fingerprint density at radius 1 is 1.35 bits per heavy atom. The molecule has 1 aromatic heterocycles. The second-order valence-electron chi connectivity index (χ2n) is 3.49. The van der Waals surface area contributed by atoms with Gasteiger partial charge in [-0.15, -0.1) is 0 Å². The molecule has 1 aromatic rings. The average molecular weight is 309 g/mol. The molecule has 20 heavy (non-hydrogen) atoms. The first-order valence-electron chi connectivity index (χ1n) is 5.32. The van der Waals surface area contributed by atoms with Crippen molar-refractivity contribution < 1.29 is 32.2 Å². The Morgan fingerprint density at radius 2 is 1.95 bits per heavy atom. The third kappa shape index (κ3) is 3.16. The molecule has 1 heterocycles. The fourth-order valence-corrected chi connectivity index (χ4v) is 1.74. The van der Waals surface area contributed by atoms with Gasteiger partial charge in [-0.3, -0.25) is 0 Å². The molecule has 0 saturated carbocycles. The van der Waals surface area contributed by atoms with E-state index in [-0.39, 0.29) is 12.2 Å². The summed E-state index contributed by atoms with van der Waals surface area (Å²) in [6, 6.07) is 0. The molecule has 0 unspecified atom stereocenters. The summed E-state index contributed by atoms with van der Waals surface area (Å²) >= 11 is 4.76. The predicted molar refractivity (Wildman–Crippen MR) is 63.9 cm³/mol. The van der Waals surface area contributed by atoms with Crippen molar-refractivity contribution in [1.82, 2.24) is 4.98 Å². The number of halogens is 3. The zero-order chi connectivity index (χ0) is 15.5. The van der Waals surface area contributed by atoms with Crippen LogP contribution in [0.2, 0.25) is 0 Å². The lowest BCUT2D eigenvalue weighted by molar-refractivity contribution is -0.141. The molecule has 5 nitrogen and oxygen atoms in total. The summed E-state index contributed by atoms with van der Waals surface area (Å²) in [7, 11) is 1.04. The van der Waals surface area contributed by atoms with Gasteiger partial charge in [0.1, 0.15) is 11.3 Å². The molecule has 0 spiro atoms. The fourth-order valence-electron chi connectivity index (χ4n) is 1.41. The number of aromatic amines is 1. The molecule has 0 atom stereocenters. The maximum Gasteiger partial charge on any atom is 0.432 e. The Hall–Kier alpha value is -1.90. The summed E-state index contributed by atoms with van der Waals surface area (Å²) in [6.45, 7) is 1.30. The van der Waals surface area contributed by atoms with Gasteiger partial charge >= 0.3 is 18.1 Å². The maximum absolute atomic E-state index is 12.8. The monoisotopic (exact) mass is 309 g/mol. The van der Waals surface area contributed by atoms with Crippen LogP contribution in [0.5, 0.6) is 0 Å². The zero-order valence-electron chi connectivity index (χ0n) is 10.5. The number of esters is 2. The lowest BCUT2D eigenvalue weighted by Crippen LogP contribution is -2.20. The van der Waals surface area contributed by atoms with E-state index in [1.54, 1.807) is 0 Å². The number of rotatable bonds is 3. The molecule has 0 radical (unpaired) electrons. The minimum atomic E-state index is -4.84. The Balaban J connectivity index is 3.59. The Bertz CT molecular complexity index is 594. The van der Waals surface area contributed by atoms with Gasteiger partial charge in [0.15, 0.2) is 0 Å². The van der Waals surface area contributed by atoms with Crippen molar-refractivity contribution in [3.05, 3.63) is 27.5 Å². The number of carbonyl (C=O) groups is 2. The molecular formula is C11H10F3NO4S.